The minimum Gasteiger partial charge on any atom is -0.475 e. The molecule has 0 unspecified atom stereocenters. The van der Waals surface area contributed by atoms with Crippen LogP contribution in [0.15, 0.2) is 21.6 Å². The molecule has 14 heavy (non-hydrogen) atoms. The van der Waals surface area contributed by atoms with Crippen LogP contribution in [0.1, 0.15) is 23.9 Å². The summed E-state index contributed by atoms with van der Waals surface area (Å²) in [6, 6.07) is 3.11. The van der Waals surface area contributed by atoms with Gasteiger partial charge in [0.15, 0.2) is 5.09 Å². The molecule has 1 aromatic rings. The third-order valence-electron chi connectivity index (χ3n) is 1.44. The number of hydrogen-bond donors (Lipinski definition) is 1. The van der Waals surface area contributed by atoms with Gasteiger partial charge in [-0.3, -0.25) is 0 Å². The summed E-state index contributed by atoms with van der Waals surface area (Å²) >= 11 is 1.47. The average molecular weight is 210 g/mol. The van der Waals surface area contributed by atoms with E-state index in [-0.39, 0.29) is 5.76 Å². The molecule has 0 atom stereocenters. The third-order valence-corrected chi connectivity index (χ3v) is 2.35. The number of furan rings is 1. The van der Waals surface area contributed by atoms with Crippen LogP contribution in [-0.2, 0) is 0 Å². The number of carboxylic acids is 1. The summed E-state index contributed by atoms with van der Waals surface area (Å²) in [6.45, 7) is 1.79. The van der Waals surface area contributed by atoms with E-state index in [1.165, 1.54) is 17.8 Å². The summed E-state index contributed by atoms with van der Waals surface area (Å²) in [4.78, 5) is 10.5. The van der Waals surface area contributed by atoms with Crippen molar-refractivity contribution in [3.8, 4) is 11.8 Å². The minimum absolute atomic E-state index is 0.0194. The van der Waals surface area contributed by atoms with Gasteiger partial charge in [-0.2, -0.15) is 0 Å². The van der Waals surface area contributed by atoms with Crippen LogP contribution in [0, 0.1) is 11.8 Å². The Kier molecular flexibility index (Phi) is 4.14. The summed E-state index contributed by atoms with van der Waals surface area (Å²) in [6.07, 6.45) is 0.782. The maximum absolute atomic E-state index is 10.5. The fourth-order valence-corrected chi connectivity index (χ4v) is 1.56. The second kappa shape index (κ2) is 5.40. The first-order valence-corrected chi connectivity index (χ1v) is 5.08. The molecule has 1 aromatic heterocycles. The Morgan fingerprint density at radius 1 is 1.64 bits per heavy atom. The van der Waals surface area contributed by atoms with E-state index in [1.807, 2.05) is 0 Å². The van der Waals surface area contributed by atoms with E-state index in [0.717, 1.165) is 12.2 Å². The van der Waals surface area contributed by atoms with Crippen molar-refractivity contribution in [2.24, 2.45) is 0 Å². The average Bonchev–Trinajstić information content (AvgIpc) is 2.61. The Hall–Kier alpha value is -1.34. The highest BCUT2D eigenvalue weighted by atomic mass is 32.2. The van der Waals surface area contributed by atoms with E-state index in [9.17, 15) is 4.79 Å². The van der Waals surface area contributed by atoms with Gasteiger partial charge in [0.1, 0.15) is 0 Å². The zero-order chi connectivity index (χ0) is 10.4. The molecule has 74 valence electrons. The van der Waals surface area contributed by atoms with Gasteiger partial charge in [0.05, 0.1) is 0 Å². The van der Waals surface area contributed by atoms with Crippen LogP contribution in [0.5, 0.6) is 0 Å². The molecule has 0 bridgehead atoms. The molecule has 0 radical (unpaired) electrons. The Morgan fingerprint density at radius 3 is 3.00 bits per heavy atom. The number of rotatable bonds is 4. The van der Waals surface area contributed by atoms with Crippen molar-refractivity contribution >= 4 is 17.7 Å². The van der Waals surface area contributed by atoms with E-state index in [4.69, 9.17) is 9.52 Å². The van der Waals surface area contributed by atoms with Crippen molar-refractivity contribution < 1.29 is 14.3 Å². The maximum atomic E-state index is 10.5. The van der Waals surface area contributed by atoms with Crippen molar-refractivity contribution in [1.82, 2.24) is 0 Å². The van der Waals surface area contributed by atoms with Gasteiger partial charge in [-0.05, 0) is 19.1 Å². The van der Waals surface area contributed by atoms with Crippen molar-refractivity contribution in [2.75, 3.05) is 5.75 Å². The fraction of sp³-hybridized carbons (Fsp3) is 0.300. The predicted molar refractivity (Wildman–Crippen MR) is 54.5 cm³/mol. The van der Waals surface area contributed by atoms with Crippen LogP contribution >= 0.6 is 11.8 Å². The molecule has 0 spiro atoms. The molecular formula is C10H10O3S. The smallest absolute Gasteiger partial charge is 0.371 e. The molecule has 0 aliphatic heterocycles. The lowest BCUT2D eigenvalue weighted by molar-refractivity contribution is 0.0656. The summed E-state index contributed by atoms with van der Waals surface area (Å²) in [5.74, 6) is 5.47. The number of thioether (sulfide) groups is 1. The van der Waals surface area contributed by atoms with Crippen LogP contribution in [0.25, 0.3) is 0 Å². The van der Waals surface area contributed by atoms with Gasteiger partial charge in [0, 0.05) is 12.2 Å². The van der Waals surface area contributed by atoms with Crippen molar-refractivity contribution in [2.45, 2.75) is 18.4 Å². The molecule has 0 saturated heterocycles. The summed E-state index contributed by atoms with van der Waals surface area (Å²) < 4.78 is 5.04. The zero-order valence-electron chi connectivity index (χ0n) is 7.74. The van der Waals surface area contributed by atoms with Crippen LogP contribution in [0.4, 0.5) is 0 Å². The minimum atomic E-state index is -1.04. The Labute approximate surface area is 86.5 Å². The normalized spacial score (nSPS) is 9.21. The highest BCUT2D eigenvalue weighted by Gasteiger charge is 2.08. The molecule has 0 aliphatic carbocycles. The van der Waals surface area contributed by atoms with Gasteiger partial charge in [0.25, 0.3) is 0 Å². The first-order valence-electron chi connectivity index (χ1n) is 4.09. The second-order valence-electron chi connectivity index (χ2n) is 2.45. The topological polar surface area (TPSA) is 50.4 Å². The SMILES string of the molecule is CC#CCCSc1ccc(C(=O)O)o1. The first kappa shape index (κ1) is 10.7. The molecule has 3 nitrogen and oxygen atoms in total. The molecule has 0 aromatic carbocycles. The summed E-state index contributed by atoms with van der Waals surface area (Å²) in [5, 5.41) is 9.21. The number of aromatic carboxylic acids is 1. The maximum Gasteiger partial charge on any atom is 0.371 e. The molecule has 1 heterocycles. The first-order chi connectivity index (χ1) is 6.74. The van der Waals surface area contributed by atoms with Crippen molar-refractivity contribution in [3.63, 3.8) is 0 Å². The number of carbonyl (C=O) groups is 1. The largest absolute Gasteiger partial charge is 0.475 e. The lowest BCUT2D eigenvalue weighted by Crippen LogP contribution is -1.91. The Balaban J connectivity index is 2.42. The van der Waals surface area contributed by atoms with Gasteiger partial charge < -0.3 is 9.52 Å². The molecular weight excluding hydrogens is 200 g/mol. The molecule has 0 saturated carbocycles. The predicted octanol–water partition coefficient (Wildman–Crippen LogP) is 2.48. The Morgan fingerprint density at radius 2 is 2.43 bits per heavy atom. The van der Waals surface area contributed by atoms with E-state index >= 15 is 0 Å². The standard InChI is InChI=1S/C10H10O3S/c1-2-3-4-7-14-9-6-5-8(13-9)10(11)12/h5-6H,4,7H2,1H3,(H,11,12). The third kappa shape index (κ3) is 3.19. The van der Waals surface area contributed by atoms with Gasteiger partial charge >= 0.3 is 5.97 Å². The summed E-state index contributed by atoms with van der Waals surface area (Å²) in [7, 11) is 0. The lowest BCUT2D eigenvalue weighted by atomic mass is 10.5. The molecule has 0 aliphatic rings. The fourth-order valence-electron chi connectivity index (χ4n) is 0.840. The molecule has 1 rings (SSSR count). The molecule has 4 heteroatoms. The summed E-state index contributed by atoms with van der Waals surface area (Å²) in [5.41, 5.74) is 0. The van der Waals surface area contributed by atoms with Gasteiger partial charge in [0.2, 0.25) is 5.76 Å². The van der Waals surface area contributed by atoms with Crippen LogP contribution in [0.3, 0.4) is 0 Å². The number of carboxylic acid groups (broad SMARTS) is 1. The Bertz CT molecular complexity index is 370. The van der Waals surface area contributed by atoms with E-state index < -0.39 is 5.97 Å². The van der Waals surface area contributed by atoms with Crippen molar-refractivity contribution in [1.29, 1.82) is 0 Å². The lowest BCUT2D eigenvalue weighted by Gasteiger charge is -1.91. The highest BCUT2D eigenvalue weighted by molar-refractivity contribution is 7.99. The van der Waals surface area contributed by atoms with E-state index in [1.54, 1.807) is 13.0 Å². The molecule has 0 fully saturated rings. The molecule has 0 amide bonds. The van der Waals surface area contributed by atoms with Gasteiger partial charge in [-0.15, -0.1) is 11.8 Å². The second-order valence-corrected chi connectivity index (χ2v) is 3.55. The zero-order valence-corrected chi connectivity index (χ0v) is 8.56. The highest BCUT2D eigenvalue weighted by Crippen LogP contribution is 2.21. The van der Waals surface area contributed by atoms with Gasteiger partial charge in [-0.25, -0.2) is 4.79 Å². The van der Waals surface area contributed by atoms with Crippen molar-refractivity contribution in [3.05, 3.63) is 17.9 Å². The van der Waals surface area contributed by atoms with Crippen LogP contribution in [0.2, 0.25) is 0 Å². The molecule has 1 N–H and O–H groups in total. The van der Waals surface area contributed by atoms with E-state index in [0.29, 0.717) is 5.09 Å². The van der Waals surface area contributed by atoms with Gasteiger partial charge in [-0.1, -0.05) is 11.8 Å². The quantitative estimate of drug-likeness (QED) is 0.471. The number of hydrogen-bond acceptors (Lipinski definition) is 3. The van der Waals surface area contributed by atoms with Crippen LogP contribution in [-0.4, -0.2) is 16.8 Å². The van der Waals surface area contributed by atoms with E-state index in [2.05, 4.69) is 11.8 Å². The van der Waals surface area contributed by atoms with Crippen LogP contribution < -0.4 is 0 Å². The monoisotopic (exact) mass is 210 g/mol.